The first-order valence-electron chi connectivity index (χ1n) is 6.54. The lowest BCUT2D eigenvalue weighted by Crippen LogP contribution is -2.19. The first-order valence-corrected chi connectivity index (χ1v) is 6.54. The first kappa shape index (κ1) is 12.3. The third-order valence-electron chi connectivity index (χ3n) is 3.59. The molecule has 2 aromatic rings. The van der Waals surface area contributed by atoms with Crippen LogP contribution in [-0.4, -0.2) is 32.5 Å². The standard InChI is InChI=1S/C14H18N4O/c1-9-3-4-10(2)13(5-9)18-14(16-8-17-18)12-6-11(19)7-15-12/h3-5,8,11-12,15,19H,6-7H2,1-2H3/t11-,12+/m1/s1. The van der Waals surface area contributed by atoms with Crippen LogP contribution in [-0.2, 0) is 0 Å². The molecule has 0 radical (unpaired) electrons. The van der Waals surface area contributed by atoms with Gasteiger partial charge in [0.2, 0.25) is 0 Å². The minimum atomic E-state index is -0.297. The van der Waals surface area contributed by atoms with Crippen LogP contribution < -0.4 is 5.32 Å². The van der Waals surface area contributed by atoms with Gasteiger partial charge >= 0.3 is 0 Å². The number of aryl methyl sites for hydroxylation is 2. The summed E-state index contributed by atoms with van der Waals surface area (Å²) in [7, 11) is 0. The van der Waals surface area contributed by atoms with Crippen LogP contribution in [0, 0.1) is 13.8 Å². The molecule has 1 fully saturated rings. The van der Waals surface area contributed by atoms with Crippen molar-refractivity contribution in [2.45, 2.75) is 32.4 Å². The van der Waals surface area contributed by atoms with Crippen LogP contribution in [0.5, 0.6) is 0 Å². The molecule has 5 heteroatoms. The Labute approximate surface area is 112 Å². The fraction of sp³-hybridized carbons (Fsp3) is 0.429. The summed E-state index contributed by atoms with van der Waals surface area (Å²) < 4.78 is 1.87. The van der Waals surface area contributed by atoms with Crippen molar-refractivity contribution in [3.63, 3.8) is 0 Å². The maximum absolute atomic E-state index is 9.64. The van der Waals surface area contributed by atoms with Crippen molar-refractivity contribution < 1.29 is 5.11 Å². The summed E-state index contributed by atoms with van der Waals surface area (Å²) in [5.41, 5.74) is 3.41. The topological polar surface area (TPSA) is 63.0 Å². The number of hydrogen-bond donors (Lipinski definition) is 2. The Kier molecular flexibility index (Phi) is 3.08. The number of β-amino-alcohol motifs (C(OH)–C–C–N with tert-alkyl or cyclic N) is 1. The van der Waals surface area contributed by atoms with Crippen molar-refractivity contribution in [3.05, 3.63) is 41.5 Å². The van der Waals surface area contributed by atoms with Crippen LogP contribution in [0.3, 0.4) is 0 Å². The van der Waals surface area contributed by atoms with Crippen molar-refractivity contribution in [1.82, 2.24) is 20.1 Å². The Morgan fingerprint density at radius 3 is 2.95 bits per heavy atom. The zero-order chi connectivity index (χ0) is 13.4. The molecule has 2 atom stereocenters. The highest BCUT2D eigenvalue weighted by molar-refractivity contribution is 5.43. The smallest absolute Gasteiger partial charge is 0.149 e. The molecule has 0 amide bonds. The zero-order valence-electron chi connectivity index (χ0n) is 11.2. The molecule has 0 spiro atoms. The van der Waals surface area contributed by atoms with Gasteiger partial charge in [-0.15, -0.1) is 0 Å². The molecule has 2 N–H and O–H groups in total. The van der Waals surface area contributed by atoms with E-state index in [1.807, 2.05) is 4.68 Å². The van der Waals surface area contributed by atoms with E-state index in [0.29, 0.717) is 13.0 Å². The molecular formula is C14H18N4O. The zero-order valence-corrected chi connectivity index (χ0v) is 11.2. The fourth-order valence-electron chi connectivity index (χ4n) is 2.53. The Hall–Kier alpha value is -1.72. The minimum Gasteiger partial charge on any atom is -0.392 e. The Bertz CT molecular complexity index is 593. The van der Waals surface area contributed by atoms with Gasteiger partial charge in [-0.05, 0) is 37.5 Å². The lowest BCUT2D eigenvalue weighted by atomic mass is 10.1. The molecule has 100 valence electrons. The first-order chi connectivity index (χ1) is 9.15. The van der Waals surface area contributed by atoms with Crippen molar-refractivity contribution in [1.29, 1.82) is 0 Å². The van der Waals surface area contributed by atoms with Crippen LogP contribution in [0.1, 0.15) is 29.4 Å². The molecule has 1 aromatic heterocycles. The molecule has 2 heterocycles. The van der Waals surface area contributed by atoms with Gasteiger partial charge in [-0.25, -0.2) is 9.67 Å². The van der Waals surface area contributed by atoms with Gasteiger partial charge in [0.05, 0.1) is 17.8 Å². The lowest BCUT2D eigenvalue weighted by molar-refractivity contribution is 0.193. The van der Waals surface area contributed by atoms with E-state index in [0.717, 1.165) is 17.1 Å². The summed E-state index contributed by atoms with van der Waals surface area (Å²) in [4.78, 5) is 4.36. The number of hydrogen-bond acceptors (Lipinski definition) is 4. The maximum atomic E-state index is 9.64. The predicted molar refractivity (Wildman–Crippen MR) is 72.2 cm³/mol. The van der Waals surface area contributed by atoms with Crippen molar-refractivity contribution in [2.75, 3.05) is 6.54 Å². The molecular weight excluding hydrogens is 240 g/mol. The molecule has 5 nitrogen and oxygen atoms in total. The van der Waals surface area contributed by atoms with Crippen molar-refractivity contribution in [2.24, 2.45) is 0 Å². The van der Waals surface area contributed by atoms with E-state index in [2.05, 4.69) is 47.4 Å². The van der Waals surface area contributed by atoms with Gasteiger partial charge in [-0.2, -0.15) is 5.10 Å². The van der Waals surface area contributed by atoms with Gasteiger partial charge in [0, 0.05) is 6.54 Å². The average Bonchev–Trinajstić information content (AvgIpc) is 3.00. The minimum absolute atomic E-state index is 0.0670. The summed E-state index contributed by atoms with van der Waals surface area (Å²) in [6, 6.07) is 6.36. The van der Waals surface area contributed by atoms with Gasteiger partial charge in [0.25, 0.3) is 0 Å². The average molecular weight is 258 g/mol. The van der Waals surface area contributed by atoms with Crippen LogP contribution in [0.2, 0.25) is 0 Å². The molecule has 19 heavy (non-hydrogen) atoms. The molecule has 1 aliphatic rings. The highest BCUT2D eigenvalue weighted by Crippen LogP contribution is 2.25. The molecule has 3 rings (SSSR count). The van der Waals surface area contributed by atoms with Gasteiger partial charge in [0.15, 0.2) is 0 Å². The van der Waals surface area contributed by atoms with Crippen LogP contribution in [0.4, 0.5) is 0 Å². The van der Waals surface area contributed by atoms with E-state index in [1.165, 1.54) is 5.56 Å². The van der Waals surface area contributed by atoms with E-state index < -0.39 is 0 Å². The van der Waals surface area contributed by atoms with Gasteiger partial charge in [-0.3, -0.25) is 0 Å². The number of aliphatic hydroxyl groups excluding tert-OH is 1. The molecule has 0 bridgehead atoms. The van der Waals surface area contributed by atoms with Crippen LogP contribution in [0.15, 0.2) is 24.5 Å². The largest absolute Gasteiger partial charge is 0.392 e. The van der Waals surface area contributed by atoms with E-state index in [1.54, 1.807) is 6.33 Å². The van der Waals surface area contributed by atoms with Crippen LogP contribution in [0.25, 0.3) is 5.69 Å². The second kappa shape index (κ2) is 4.75. The summed E-state index contributed by atoms with van der Waals surface area (Å²) in [5.74, 6) is 0.866. The number of nitrogens with zero attached hydrogens (tertiary/aromatic N) is 3. The molecule has 0 aliphatic carbocycles. The fourth-order valence-corrected chi connectivity index (χ4v) is 2.53. The number of aromatic nitrogens is 3. The van der Waals surface area contributed by atoms with Gasteiger partial charge < -0.3 is 10.4 Å². The quantitative estimate of drug-likeness (QED) is 0.851. The van der Waals surface area contributed by atoms with E-state index in [-0.39, 0.29) is 12.1 Å². The number of benzene rings is 1. The summed E-state index contributed by atoms with van der Waals surface area (Å²) in [6.45, 7) is 4.75. The van der Waals surface area contributed by atoms with Crippen molar-refractivity contribution >= 4 is 0 Å². The Balaban J connectivity index is 2.02. The molecule has 0 saturated carbocycles. The maximum Gasteiger partial charge on any atom is 0.149 e. The second-order valence-corrected chi connectivity index (χ2v) is 5.17. The van der Waals surface area contributed by atoms with Crippen molar-refractivity contribution in [3.8, 4) is 5.69 Å². The predicted octanol–water partition coefficient (Wildman–Crippen LogP) is 1.28. The Morgan fingerprint density at radius 1 is 1.37 bits per heavy atom. The summed E-state index contributed by atoms with van der Waals surface area (Å²) in [6.07, 6.45) is 1.96. The monoisotopic (exact) mass is 258 g/mol. The molecule has 1 aromatic carbocycles. The van der Waals surface area contributed by atoms with Crippen LogP contribution >= 0.6 is 0 Å². The molecule has 1 saturated heterocycles. The second-order valence-electron chi connectivity index (χ2n) is 5.17. The third kappa shape index (κ3) is 2.27. The number of aliphatic hydroxyl groups is 1. The highest BCUT2D eigenvalue weighted by Gasteiger charge is 2.27. The molecule has 1 aliphatic heterocycles. The van der Waals surface area contributed by atoms with E-state index in [4.69, 9.17) is 0 Å². The number of rotatable bonds is 2. The molecule has 0 unspecified atom stereocenters. The lowest BCUT2D eigenvalue weighted by Gasteiger charge is -2.14. The van der Waals surface area contributed by atoms with Gasteiger partial charge in [0.1, 0.15) is 12.2 Å². The third-order valence-corrected chi connectivity index (χ3v) is 3.59. The normalized spacial score (nSPS) is 22.9. The number of nitrogens with one attached hydrogen (secondary N) is 1. The summed E-state index contributed by atoms with van der Waals surface area (Å²) in [5, 5.41) is 17.3. The Morgan fingerprint density at radius 2 is 2.21 bits per heavy atom. The van der Waals surface area contributed by atoms with E-state index >= 15 is 0 Å². The highest BCUT2D eigenvalue weighted by atomic mass is 16.3. The van der Waals surface area contributed by atoms with E-state index in [9.17, 15) is 5.11 Å². The SMILES string of the molecule is Cc1ccc(C)c(-n2ncnc2[C@@H]2C[C@@H](O)CN2)c1. The van der Waals surface area contributed by atoms with Gasteiger partial charge in [-0.1, -0.05) is 12.1 Å². The summed E-state index contributed by atoms with van der Waals surface area (Å²) >= 11 is 0.